The number of carbonyl (C=O) groups excluding carboxylic acids is 1. The first kappa shape index (κ1) is 25.9. The number of hydrogen-bond donors (Lipinski definition) is 2. The quantitative estimate of drug-likeness (QED) is 0.708. The Kier molecular flexibility index (Phi) is 11.2. The zero-order chi connectivity index (χ0) is 18.4. The fourth-order valence-electron chi connectivity index (χ4n) is 3.29. The second kappa shape index (κ2) is 11.7. The van der Waals surface area contributed by atoms with E-state index >= 15 is 0 Å². The largest absolute Gasteiger partial charge is 0.367 e. The van der Waals surface area contributed by atoms with Crippen molar-refractivity contribution in [1.29, 1.82) is 0 Å². The second-order valence-corrected chi connectivity index (χ2v) is 6.73. The molecule has 5 nitrogen and oxygen atoms in total. The molecule has 1 fully saturated rings. The van der Waals surface area contributed by atoms with Crippen LogP contribution >= 0.6 is 24.8 Å². The Morgan fingerprint density at radius 1 is 1.15 bits per heavy atom. The molecule has 27 heavy (non-hydrogen) atoms. The van der Waals surface area contributed by atoms with Crippen molar-refractivity contribution in [2.45, 2.75) is 39.2 Å². The minimum absolute atomic E-state index is 0. The summed E-state index contributed by atoms with van der Waals surface area (Å²) in [6, 6.07) is 4.75. The van der Waals surface area contributed by atoms with Crippen LogP contribution in [0.3, 0.4) is 0 Å². The Morgan fingerprint density at radius 2 is 1.74 bits per heavy atom. The molecule has 0 radical (unpaired) electrons. The van der Waals surface area contributed by atoms with Crippen LogP contribution in [0.1, 0.15) is 44.0 Å². The first-order valence-corrected chi connectivity index (χ1v) is 9.28. The summed E-state index contributed by atoms with van der Waals surface area (Å²) in [6.45, 7) is 11.0. The lowest BCUT2D eigenvalue weighted by Gasteiger charge is -2.35. The van der Waals surface area contributed by atoms with Crippen molar-refractivity contribution in [2.24, 2.45) is 5.73 Å². The molecule has 1 aromatic carbocycles. The van der Waals surface area contributed by atoms with Gasteiger partial charge in [-0.3, -0.25) is 4.79 Å². The molecular formula is C19H33Cl2FN4O. The van der Waals surface area contributed by atoms with Gasteiger partial charge in [-0.25, -0.2) is 4.39 Å². The molecule has 0 atom stereocenters. The van der Waals surface area contributed by atoms with Gasteiger partial charge in [-0.1, -0.05) is 20.8 Å². The van der Waals surface area contributed by atoms with Gasteiger partial charge in [-0.2, -0.15) is 0 Å². The lowest BCUT2D eigenvalue weighted by atomic mass is 9.92. The van der Waals surface area contributed by atoms with Gasteiger partial charge in [0.1, 0.15) is 5.82 Å². The Hall–Kier alpha value is -1.08. The number of benzene rings is 1. The van der Waals surface area contributed by atoms with Crippen LogP contribution in [0.25, 0.3) is 0 Å². The molecule has 1 heterocycles. The van der Waals surface area contributed by atoms with Gasteiger partial charge in [0, 0.05) is 38.3 Å². The summed E-state index contributed by atoms with van der Waals surface area (Å²) in [6.07, 6.45) is 1.49. The first-order chi connectivity index (χ1) is 12.0. The number of likely N-dealkylation sites (N-methyl/N-ethyl adjacent to an activating group) is 1. The Bertz CT molecular complexity index is 583. The molecule has 3 N–H and O–H groups in total. The number of hydrogen-bond acceptors (Lipinski definition) is 4. The highest BCUT2D eigenvalue weighted by Gasteiger charge is 2.27. The van der Waals surface area contributed by atoms with Crippen LogP contribution in [0.15, 0.2) is 18.2 Å². The molecule has 0 unspecified atom stereocenters. The molecule has 0 bridgehead atoms. The number of carbonyl (C=O) groups is 1. The maximum Gasteiger partial charge on any atom is 0.251 e. The molecule has 0 saturated carbocycles. The highest BCUT2D eigenvalue weighted by molar-refractivity contribution is 5.95. The van der Waals surface area contributed by atoms with Crippen LogP contribution < -0.4 is 16.0 Å². The molecule has 0 spiro atoms. The van der Waals surface area contributed by atoms with Crippen molar-refractivity contribution in [1.82, 2.24) is 10.2 Å². The van der Waals surface area contributed by atoms with Gasteiger partial charge >= 0.3 is 0 Å². The normalized spacial score (nSPS) is 14.9. The average molecular weight is 423 g/mol. The summed E-state index contributed by atoms with van der Waals surface area (Å²) >= 11 is 0. The summed E-state index contributed by atoms with van der Waals surface area (Å²) < 4.78 is 14.6. The highest BCUT2D eigenvalue weighted by atomic mass is 35.5. The van der Waals surface area contributed by atoms with Crippen LogP contribution in [0, 0.1) is 5.82 Å². The van der Waals surface area contributed by atoms with Gasteiger partial charge in [-0.15, -0.1) is 24.8 Å². The minimum Gasteiger partial charge on any atom is -0.367 e. The number of piperazine rings is 1. The molecule has 2 rings (SSSR count). The lowest BCUT2D eigenvalue weighted by molar-refractivity contribution is 0.0895. The SMILES string of the molecule is CCN1CCN(c2ccc(C(=O)NC(CC)(CC)CN)cc2F)CC1.Cl.Cl. The molecule has 1 saturated heterocycles. The van der Waals surface area contributed by atoms with E-state index in [-0.39, 0.29) is 36.5 Å². The summed E-state index contributed by atoms with van der Waals surface area (Å²) in [5.74, 6) is -0.612. The third-order valence-electron chi connectivity index (χ3n) is 5.49. The molecule has 1 aliphatic rings. The van der Waals surface area contributed by atoms with Crippen LogP contribution in [0.5, 0.6) is 0 Å². The van der Waals surface area contributed by atoms with E-state index < -0.39 is 5.54 Å². The van der Waals surface area contributed by atoms with Gasteiger partial charge < -0.3 is 20.9 Å². The molecule has 1 aliphatic heterocycles. The predicted molar refractivity (Wildman–Crippen MR) is 115 cm³/mol. The number of halogens is 3. The van der Waals surface area contributed by atoms with Gasteiger partial charge in [0.2, 0.25) is 0 Å². The molecule has 1 aromatic rings. The number of anilines is 1. The van der Waals surface area contributed by atoms with Gasteiger partial charge in [-0.05, 0) is 37.6 Å². The predicted octanol–water partition coefficient (Wildman–Crippen LogP) is 3.06. The van der Waals surface area contributed by atoms with Crippen molar-refractivity contribution < 1.29 is 9.18 Å². The molecule has 0 aliphatic carbocycles. The van der Waals surface area contributed by atoms with Crippen LogP contribution in [-0.4, -0.2) is 55.6 Å². The number of amides is 1. The van der Waals surface area contributed by atoms with Gasteiger partial charge in [0.25, 0.3) is 5.91 Å². The first-order valence-electron chi connectivity index (χ1n) is 9.28. The number of nitrogens with one attached hydrogen (secondary N) is 1. The van der Waals surface area contributed by atoms with Crippen molar-refractivity contribution in [3.8, 4) is 0 Å². The number of nitrogens with two attached hydrogens (primary N) is 1. The third kappa shape index (κ3) is 6.21. The smallest absolute Gasteiger partial charge is 0.251 e. The topological polar surface area (TPSA) is 61.6 Å². The lowest BCUT2D eigenvalue weighted by Crippen LogP contribution is -2.52. The highest BCUT2D eigenvalue weighted by Crippen LogP contribution is 2.23. The van der Waals surface area contributed by atoms with E-state index in [0.29, 0.717) is 17.8 Å². The molecule has 156 valence electrons. The van der Waals surface area contributed by atoms with E-state index in [2.05, 4.69) is 17.1 Å². The van der Waals surface area contributed by atoms with Gasteiger partial charge in [0.05, 0.1) is 11.2 Å². The van der Waals surface area contributed by atoms with Crippen LogP contribution in [0.2, 0.25) is 0 Å². The zero-order valence-corrected chi connectivity index (χ0v) is 18.1. The minimum atomic E-state index is -0.428. The maximum absolute atomic E-state index is 14.6. The van der Waals surface area contributed by atoms with Crippen molar-refractivity contribution >= 4 is 36.4 Å². The van der Waals surface area contributed by atoms with Crippen LogP contribution in [-0.2, 0) is 0 Å². The number of nitrogens with zero attached hydrogens (tertiary/aromatic N) is 2. The van der Waals surface area contributed by atoms with E-state index in [0.717, 1.165) is 45.6 Å². The average Bonchev–Trinajstić information content (AvgIpc) is 2.66. The second-order valence-electron chi connectivity index (χ2n) is 6.73. The van der Waals surface area contributed by atoms with Crippen molar-refractivity contribution in [3.63, 3.8) is 0 Å². The third-order valence-corrected chi connectivity index (χ3v) is 5.49. The van der Waals surface area contributed by atoms with E-state index in [1.54, 1.807) is 12.1 Å². The van der Waals surface area contributed by atoms with E-state index in [1.165, 1.54) is 6.07 Å². The fourth-order valence-corrected chi connectivity index (χ4v) is 3.29. The Morgan fingerprint density at radius 3 is 2.19 bits per heavy atom. The summed E-state index contributed by atoms with van der Waals surface area (Å²) in [5.41, 5.74) is 6.32. The van der Waals surface area contributed by atoms with Crippen LogP contribution in [0.4, 0.5) is 10.1 Å². The maximum atomic E-state index is 14.6. The monoisotopic (exact) mass is 422 g/mol. The molecular weight excluding hydrogens is 390 g/mol. The summed E-state index contributed by atoms with van der Waals surface area (Å²) in [5, 5.41) is 2.98. The van der Waals surface area contributed by atoms with Crippen molar-refractivity contribution in [2.75, 3.05) is 44.2 Å². The Balaban J connectivity index is 0.00000338. The zero-order valence-electron chi connectivity index (χ0n) is 16.5. The van der Waals surface area contributed by atoms with E-state index in [4.69, 9.17) is 5.73 Å². The number of rotatable bonds is 7. The molecule has 8 heteroatoms. The molecule has 1 amide bonds. The van der Waals surface area contributed by atoms with Gasteiger partial charge in [0.15, 0.2) is 0 Å². The molecule has 0 aromatic heterocycles. The van der Waals surface area contributed by atoms with Crippen molar-refractivity contribution in [3.05, 3.63) is 29.6 Å². The standard InChI is InChI=1S/C19H31FN4O.2ClH/c1-4-19(5-2,14-21)22-18(25)15-7-8-17(16(20)13-15)24-11-9-23(6-3)10-12-24;;/h7-8,13H,4-6,9-12,14,21H2,1-3H3,(H,22,25);2*1H. The van der Waals surface area contributed by atoms with E-state index in [9.17, 15) is 9.18 Å². The fraction of sp³-hybridized carbons (Fsp3) is 0.632. The summed E-state index contributed by atoms with van der Waals surface area (Å²) in [7, 11) is 0. The Labute approximate surface area is 174 Å². The van der Waals surface area contributed by atoms with E-state index in [1.807, 2.05) is 18.7 Å². The summed E-state index contributed by atoms with van der Waals surface area (Å²) in [4.78, 5) is 16.9.